The second-order valence-electron chi connectivity index (χ2n) is 4.21. The number of rotatable bonds is 5. The summed E-state index contributed by atoms with van der Waals surface area (Å²) in [7, 11) is 0. The molecule has 110 valence electrons. The maximum atomic E-state index is 12.4. The molecule has 0 bridgehead atoms. The van der Waals surface area contributed by atoms with Crippen LogP contribution in [0.5, 0.6) is 0 Å². The monoisotopic (exact) mass is 307 g/mol. The number of anilines is 1. The van der Waals surface area contributed by atoms with Gasteiger partial charge in [-0.3, -0.25) is 4.79 Å². The van der Waals surface area contributed by atoms with E-state index < -0.39 is 6.03 Å². The predicted octanol–water partition coefficient (Wildman–Crippen LogP) is 2.01. The standard InChI is InChI=1S/C14H14ClN3O3/c15-9-3-4-11(18-14(21)17-6-7-19)10(8-9)13(20)12-2-1-5-16-12/h1-5,8,16,19H,6-7H2,(H2,17,18,21). The van der Waals surface area contributed by atoms with Gasteiger partial charge in [0.1, 0.15) is 0 Å². The molecule has 0 atom stereocenters. The van der Waals surface area contributed by atoms with Crippen molar-refractivity contribution in [2.45, 2.75) is 0 Å². The molecular weight excluding hydrogens is 294 g/mol. The number of aliphatic hydroxyl groups is 1. The maximum absolute atomic E-state index is 12.4. The highest BCUT2D eigenvalue weighted by Crippen LogP contribution is 2.23. The molecule has 0 saturated carbocycles. The van der Waals surface area contributed by atoms with Crippen molar-refractivity contribution in [2.75, 3.05) is 18.5 Å². The molecule has 0 aliphatic carbocycles. The summed E-state index contributed by atoms with van der Waals surface area (Å²) in [5, 5.41) is 14.1. The first-order valence-corrected chi connectivity index (χ1v) is 6.63. The number of nitrogens with one attached hydrogen (secondary N) is 3. The van der Waals surface area contributed by atoms with Crippen LogP contribution in [-0.2, 0) is 0 Å². The summed E-state index contributed by atoms with van der Waals surface area (Å²) in [4.78, 5) is 26.8. The highest BCUT2D eigenvalue weighted by molar-refractivity contribution is 6.31. The molecule has 2 aromatic rings. The lowest BCUT2D eigenvalue weighted by molar-refractivity contribution is 0.103. The van der Waals surface area contributed by atoms with Gasteiger partial charge >= 0.3 is 6.03 Å². The van der Waals surface area contributed by atoms with E-state index in [-0.39, 0.29) is 24.5 Å². The quantitative estimate of drug-likeness (QED) is 0.636. The van der Waals surface area contributed by atoms with Crippen LogP contribution < -0.4 is 10.6 Å². The Balaban J connectivity index is 2.25. The maximum Gasteiger partial charge on any atom is 0.319 e. The third-order valence-corrected chi connectivity index (χ3v) is 2.95. The summed E-state index contributed by atoms with van der Waals surface area (Å²) in [5.74, 6) is -0.278. The fraction of sp³-hybridized carbons (Fsp3) is 0.143. The van der Waals surface area contributed by atoms with Crippen molar-refractivity contribution >= 4 is 29.1 Å². The Bertz CT molecular complexity index is 641. The Morgan fingerprint density at radius 2 is 2.10 bits per heavy atom. The van der Waals surface area contributed by atoms with Crippen molar-refractivity contribution < 1.29 is 14.7 Å². The van der Waals surface area contributed by atoms with E-state index in [9.17, 15) is 9.59 Å². The van der Waals surface area contributed by atoms with Crippen LogP contribution in [0.1, 0.15) is 16.1 Å². The van der Waals surface area contributed by atoms with Gasteiger partial charge in [-0.05, 0) is 30.3 Å². The molecule has 6 nitrogen and oxygen atoms in total. The molecule has 0 fully saturated rings. The topological polar surface area (TPSA) is 94.2 Å². The number of amides is 2. The van der Waals surface area contributed by atoms with Gasteiger partial charge in [0, 0.05) is 23.3 Å². The largest absolute Gasteiger partial charge is 0.395 e. The summed E-state index contributed by atoms with van der Waals surface area (Å²) >= 11 is 5.92. The Kier molecular flexibility index (Phi) is 4.97. The summed E-state index contributed by atoms with van der Waals surface area (Å²) in [6.07, 6.45) is 1.64. The third kappa shape index (κ3) is 3.84. The molecule has 21 heavy (non-hydrogen) atoms. The number of halogens is 1. The molecule has 7 heteroatoms. The number of urea groups is 1. The molecule has 0 saturated heterocycles. The fourth-order valence-electron chi connectivity index (χ4n) is 1.77. The first kappa shape index (κ1) is 15.1. The van der Waals surface area contributed by atoms with E-state index in [1.165, 1.54) is 6.07 Å². The molecule has 0 radical (unpaired) electrons. The van der Waals surface area contributed by atoms with E-state index in [1.54, 1.807) is 30.5 Å². The van der Waals surface area contributed by atoms with Crippen LogP contribution in [0.4, 0.5) is 10.5 Å². The van der Waals surface area contributed by atoms with Gasteiger partial charge in [0.15, 0.2) is 0 Å². The molecule has 1 aromatic carbocycles. The summed E-state index contributed by atoms with van der Waals surface area (Å²) in [6.45, 7) is -0.0400. The van der Waals surface area contributed by atoms with E-state index in [1.807, 2.05) is 0 Å². The minimum Gasteiger partial charge on any atom is -0.395 e. The molecule has 0 unspecified atom stereocenters. The van der Waals surface area contributed by atoms with E-state index in [4.69, 9.17) is 16.7 Å². The van der Waals surface area contributed by atoms with Crippen molar-refractivity contribution in [2.24, 2.45) is 0 Å². The number of H-pyrrole nitrogens is 1. The van der Waals surface area contributed by atoms with Crippen LogP contribution >= 0.6 is 11.6 Å². The van der Waals surface area contributed by atoms with Gasteiger partial charge in [-0.2, -0.15) is 0 Å². The zero-order valence-electron chi connectivity index (χ0n) is 11.0. The molecular formula is C14H14ClN3O3. The van der Waals surface area contributed by atoms with Crippen LogP contribution in [0.2, 0.25) is 5.02 Å². The Morgan fingerprint density at radius 3 is 2.76 bits per heavy atom. The zero-order valence-corrected chi connectivity index (χ0v) is 11.8. The van der Waals surface area contributed by atoms with Crippen molar-refractivity contribution in [1.29, 1.82) is 0 Å². The van der Waals surface area contributed by atoms with Crippen LogP contribution in [-0.4, -0.2) is 35.1 Å². The molecule has 0 spiro atoms. The Labute approximate surface area is 126 Å². The number of aliphatic hydroxyl groups excluding tert-OH is 1. The van der Waals surface area contributed by atoms with Gasteiger partial charge in [0.25, 0.3) is 0 Å². The summed E-state index contributed by atoms with van der Waals surface area (Å²) in [5.41, 5.74) is 1.02. The van der Waals surface area contributed by atoms with Crippen molar-refractivity contribution in [3.8, 4) is 0 Å². The summed E-state index contributed by atoms with van der Waals surface area (Å²) in [6, 6.07) is 7.46. The number of hydrogen-bond acceptors (Lipinski definition) is 3. The van der Waals surface area contributed by atoms with Gasteiger partial charge in [-0.25, -0.2) is 4.79 Å². The van der Waals surface area contributed by atoms with Gasteiger partial charge < -0.3 is 20.7 Å². The van der Waals surface area contributed by atoms with E-state index >= 15 is 0 Å². The molecule has 0 aliphatic heterocycles. The number of hydrogen-bond donors (Lipinski definition) is 4. The first-order chi connectivity index (χ1) is 10.1. The second-order valence-corrected chi connectivity index (χ2v) is 4.64. The molecule has 2 rings (SSSR count). The Morgan fingerprint density at radius 1 is 1.29 bits per heavy atom. The van der Waals surface area contributed by atoms with Gasteiger partial charge in [-0.15, -0.1) is 0 Å². The van der Waals surface area contributed by atoms with Gasteiger partial charge in [-0.1, -0.05) is 11.6 Å². The number of ketones is 1. The third-order valence-electron chi connectivity index (χ3n) is 2.71. The second kappa shape index (κ2) is 6.92. The minimum atomic E-state index is -0.507. The molecule has 1 heterocycles. The zero-order chi connectivity index (χ0) is 15.2. The number of benzene rings is 1. The van der Waals surface area contributed by atoms with Crippen LogP contribution in [0, 0.1) is 0 Å². The molecule has 1 aromatic heterocycles. The van der Waals surface area contributed by atoms with Gasteiger partial charge in [0.2, 0.25) is 5.78 Å². The van der Waals surface area contributed by atoms with Crippen molar-refractivity contribution in [3.63, 3.8) is 0 Å². The minimum absolute atomic E-state index is 0.124. The number of aromatic nitrogens is 1. The predicted molar refractivity (Wildman–Crippen MR) is 79.8 cm³/mol. The van der Waals surface area contributed by atoms with E-state index in [0.29, 0.717) is 16.4 Å². The number of carbonyl (C=O) groups excluding carboxylic acids is 2. The SMILES string of the molecule is O=C(NCCO)Nc1ccc(Cl)cc1C(=O)c1ccc[nH]1. The highest BCUT2D eigenvalue weighted by Gasteiger charge is 2.16. The van der Waals surface area contributed by atoms with Gasteiger partial charge in [0.05, 0.1) is 18.0 Å². The lowest BCUT2D eigenvalue weighted by Gasteiger charge is -2.11. The average molecular weight is 308 g/mol. The van der Waals surface area contributed by atoms with Crippen LogP contribution in [0.15, 0.2) is 36.5 Å². The lowest BCUT2D eigenvalue weighted by atomic mass is 10.1. The fourth-order valence-corrected chi connectivity index (χ4v) is 1.94. The lowest BCUT2D eigenvalue weighted by Crippen LogP contribution is -2.31. The van der Waals surface area contributed by atoms with Crippen molar-refractivity contribution in [1.82, 2.24) is 10.3 Å². The number of carbonyl (C=O) groups is 2. The molecule has 0 aliphatic rings. The molecule has 2 amide bonds. The normalized spacial score (nSPS) is 10.2. The number of aromatic amines is 1. The summed E-state index contributed by atoms with van der Waals surface area (Å²) < 4.78 is 0. The van der Waals surface area contributed by atoms with Crippen molar-refractivity contribution in [3.05, 3.63) is 52.8 Å². The highest BCUT2D eigenvalue weighted by atomic mass is 35.5. The first-order valence-electron chi connectivity index (χ1n) is 6.25. The average Bonchev–Trinajstić information content (AvgIpc) is 3.00. The van der Waals surface area contributed by atoms with E-state index in [2.05, 4.69) is 15.6 Å². The van der Waals surface area contributed by atoms with Crippen LogP contribution in [0.3, 0.4) is 0 Å². The smallest absolute Gasteiger partial charge is 0.319 e. The van der Waals surface area contributed by atoms with E-state index in [0.717, 1.165) is 0 Å². The molecule has 4 N–H and O–H groups in total. The Hall–Kier alpha value is -2.31. The van der Waals surface area contributed by atoms with Crippen LogP contribution in [0.25, 0.3) is 0 Å².